The molecule has 0 aliphatic carbocycles. The van der Waals surface area contributed by atoms with Crippen LogP contribution in [0.3, 0.4) is 0 Å². The molecular weight excluding hydrogens is 330 g/mol. The van der Waals surface area contributed by atoms with Gasteiger partial charge < -0.3 is 10.6 Å². The molecule has 1 aromatic rings. The van der Waals surface area contributed by atoms with E-state index in [1.165, 1.54) is 6.92 Å². The van der Waals surface area contributed by atoms with E-state index in [-0.39, 0.29) is 19.2 Å². The molecule has 0 bridgehead atoms. The molecule has 0 saturated carbocycles. The van der Waals surface area contributed by atoms with Gasteiger partial charge in [-0.15, -0.1) is 0 Å². The van der Waals surface area contributed by atoms with Crippen LogP contribution < -0.4 is 10.6 Å². The van der Waals surface area contributed by atoms with Crippen molar-refractivity contribution in [3.8, 4) is 0 Å². The Bertz CT molecular complexity index is 563. The molecule has 23 heavy (non-hydrogen) atoms. The number of rotatable bonds is 4. The zero-order chi connectivity index (χ0) is 17.8. The number of halogens is 6. The lowest BCUT2D eigenvalue weighted by Gasteiger charge is -2.14. The van der Waals surface area contributed by atoms with Crippen LogP contribution in [0.1, 0.15) is 28.4 Å². The third-order valence-corrected chi connectivity index (χ3v) is 2.63. The van der Waals surface area contributed by atoms with E-state index in [0.29, 0.717) is 12.1 Å². The van der Waals surface area contributed by atoms with Crippen LogP contribution in [0.15, 0.2) is 18.2 Å². The number of alkyl halides is 6. The van der Waals surface area contributed by atoms with E-state index < -0.39 is 40.9 Å². The Balaban J connectivity index is 3.01. The molecule has 0 atom stereocenters. The molecule has 0 aromatic heterocycles. The molecule has 10 heteroatoms. The van der Waals surface area contributed by atoms with Crippen molar-refractivity contribution in [1.29, 1.82) is 0 Å². The number of hydrogen-bond acceptors (Lipinski definition) is 2. The second kappa shape index (κ2) is 6.88. The Morgan fingerprint density at radius 1 is 0.870 bits per heavy atom. The molecule has 2 N–H and O–H groups in total. The summed E-state index contributed by atoms with van der Waals surface area (Å²) in [5.74, 6) is -1.50. The van der Waals surface area contributed by atoms with Crippen molar-refractivity contribution in [2.45, 2.75) is 19.3 Å². The van der Waals surface area contributed by atoms with Crippen LogP contribution in [0.5, 0.6) is 0 Å². The number of hydrogen-bond donors (Lipinski definition) is 2. The lowest BCUT2D eigenvalue weighted by Crippen LogP contribution is -2.33. The third kappa shape index (κ3) is 5.80. The predicted molar refractivity (Wildman–Crippen MR) is 67.5 cm³/mol. The molecule has 0 heterocycles. The fourth-order valence-corrected chi connectivity index (χ4v) is 1.60. The second-order valence-corrected chi connectivity index (χ2v) is 4.53. The van der Waals surface area contributed by atoms with Crippen LogP contribution in [0, 0.1) is 0 Å². The van der Waals surface area contributed by atoms with Crippen molar-refractivity contribution in [3.05, 3.63) is 34.9 Å². The molecule has 1 rings (SSSR count). The molecule has 0 aliphatic rings. The van der Waals surface area contributed by atoms with E-state index in [9.17, 15) is 35.9 Å². The molecule has 0 spiro atoms. The Kier molecular flexibility index (Phi) is 5.62. The van der Waals surface area contributed by atoms with Crippen LogP contribution in [-0.2, 0) is 17.1 Å². The highest BCUT2D eigenvalue weighted by molar-refractivity contribution is 5.94. The second-order valence-electron chi connectivity index (χ2n) is 4.53. The van der Waals surface area contributed by atoms with E-state index >= 15 is 0 Å². The van der Waals surface area contributed by atoms with Crippen LogP contribution in [0.25, 0.3) is 0 Å². The first kappa shape index (κ1) is 18.8. The van der Waals surface area contributed by atoms with Gasteiger partial charge in [-0.3, -0.25) is 9.59 Å². The maximum Gasteiger partial charge on any atom is 0.416 e. The first-order chi connectivity index (χ1) is 10.4. The van der Waals surface area contributed by atoms with Gasteiger partial charge in [-0.2, -0.15) is 26.3 Å². The molecular formula is C13H12F6N2O2. The van der Waals surface area contributed by atoms with E-state index in [4.69, 9.17) is 0 Å². The Labute approximate surface area is 126 Å². The highest BCUT2D eigenvalue weighted by Crippen LogP contribution is 2.36. The largest absolute Gasteiger partial charge is 0.416 e. The zero-order valence-corrected chi connectivity index (χ0v) is 11.7. The fraction of sp³-hybridized carbons (Fsp3) is 0.385. The normalized spacial score (nSPS) is 12.0. The molecule has 1 aromatic carbocycles. The van der Waals surface area contributed by atoms with Gasteiger partial charge in [-0.25, -0.2) is 0 Å². The summed E-state index contributed by atoms with van der Waals surface area (Å²) < 4.78 is 75.9. The van der Waals surface area contributed by atoms with Gasteiger partial charge >= 0.3 is 12.4 Å². The minimum Gasteiger partial charge on any atom is -0.355 e. The Morgan fingerprint density at radius 3 is 1.70 bits per heavy atom. The number of carbonyl (C=O) groups is 2. The Morgan fingerprint density at radius 2 is 1.30 bits per heavy atom. The van der Waals surface area contributed by atoms with E-state index in [1.807, 2.05) is 0 Å². The highest BCUT2D eigenvalue weighted by atomic mass is 19.4. The molecule has 0 fully saturated rings. The average Bonchev–Trinajstić information content (AvgIpc) is 2.40. The summed E-state index contributed by atoms with van der Waals surface area (Å²) in [7, 11) is 0. The van der Waals surface area contributed by atoms with Crippen molar-refractivity contribution < 1.29 is 35.9 Å². The maximum absolute atomic E-state index is 12.6. The molecule has 2 amide bonds. The van der Waals surface area contributed by atoms with E-state index in [0.717, 1.165) is 0 Å². The predicted octanol–water partition coefficient (Wildman–Crippen LogP) is 2.59. The van der Waals surface area contributed by atoms with Crippen LogP contribution in [0.4, 0.5) is 26.3 Å². The minimum atomic E-state index is -5.02. The molecule has 0 radical (unpaired) electrons. The molecule has 128 valence electrons. The van der Waals surface area contributed by atoms with Gasteiger partial charge in [0.25, 0.3) is 5.91 Å². The SMILES string of the molecule is CC(=O)NCCNC(=O)c1cc(C(F)(F)F)cc(C(F)(F)F)c1. The summed E-state index contributed by atoms with van der Waals surface area (Å²) in [6, 6.07) is 0.611. The quantitative estimate of drug-likeness (QED) is 0.653. The fourth-order valence-electron chi connectivity index (χ4n) is 1.60. The number of carbonyl (C=O) groups excluding carboxylic acids is 2. The summed E-state index contributed by atoms with van der Waals surface area (Å²) in [5, 5.41) is 4.43. The van der Waals surface area contributed by atoms with Crippen molar-refractivity contribution in [2.24, 2.45) is 0 Å². The van der Waals surface area contributed by atoms with Crippen molar-refractivity contribution >= 4 is 11.8 Å². The standard InChI is InChI=1S/C13H12F6N2O2/c1-7(22)20-2-3-21-11(23)8-4-9(12(14,15)16)6-10(5-8)13(17,18)19/h4-6H,2-3H2,1H3,(H,20,22)(H,21,23). The van der Waals surface area contributed by atoms with Gasteiger partial charge in [0.05, 0.1) is 11.1 Å². The van der Waals surface area contributed by atoms with Gasteiger partial charge in [-0.05, 0) is 18.2 Å². The molecule has 0 unspecified atom stereocenters. The minimum absolute atomic E-state index is 0.00777. The average molecular weight is 342 g/mol. The smallest absolute Gasteiger partial charge is 0.355 e. The molecule has 4 nitrogen and oxygen atoms in total. The van der Waals surface area contributed by atoms with Crippen molar-refractivity contribution in [1.82, 2.24) is 10.6 Å². The first-order valence-electron chi connectivity index (χ1n) is 6.23. The third-order valence-electron chi connectivity index (χ3n) is 2.63. The lowest BCUT2D eigenvalue weighted by molar-refractivity contribution is -0.143. The van der Waals surface area contributed by atoms with Crippen molar-refractivity contribution in [3.63, 3.8) is 0 Å². The van der Waals surface area contributed by atoms with Gasteiger partial charge in [0, 0.05) is 25.6 Å². The number of nitrogens with one attached hydrogen (secondary N) is 2. The topological polar surface area (TPSA) is 58.2 Å². The van der Waals surface area contributed by atoms with Crippen LogP contribution in [0.2, 0.25) is 0 Å². The summed E-state index contributed by atoms with van der Waals surface area (Å²) in [6.45, 7) is 1.06. The lowest BCUT2D eigenvalue weighted by atomic mass is 10.0. The van der Waals surface area contributed by atoms with Gasteiger partial charge in [0.15, 0.2) is 0 Å². The first-order valence-corrected chi connectivity index (χ1v) is 6.23. The zero-order valence-electron chi connectivity index (χ0n) is 11.7. The van der Waals surface area contributed by atoms with Gasteiger partial charge in [-0.1, -0.05) is 0 Å². The number of benzene rings is 1. The van der Waals surface area contributed by atoms with Gasteiger partial charge in [0.2, 0.25) is 5.91 Å². The Hall–Kier alpha value is -2.26. The maximum atomic E-state index is 12.6. The number of amides is 2. The summed E-state index contributed by atoms with van der Waals surface area (Å²) in [6.07, 6.45) is -10.0. The van der Waals surface area contributed by atoms with Crippen LogP contribution in [-0.4, -0.2) is 24.9 Å². The van der Waals surface area contributed by atoms with E-state index in [1.54, 1.807) is 0 Å². The summed E-state index contributed by atoms with van der Waals surface area (Å²) in [5.41, 5.74) is -3.91. The summed E-state index contributed by atoms with van der Waals surface area (Å²) in [4.78, 5) is 22.3. The van der Waals surface area contributed by atoms with E-state index in [2.05, 4.69) is 10.6 Å². The highest BCUT2D eigenvalue weighted by Gasteiger charge is 2.37. The van der Waals surface area contributed by atoms with Gasteiger partial charge in [0.1, 0.15) is 0 Å². The molecule has 0 saturated heterocycles. The summed E-state index contributed by atoms with van der Waals surface area (Å²) >= 11 is 0. The monoisotopic (exact) mass is 342 g/mol. The van der Waals surface area contributed by atoms with Crippen LogP contribution >= 0.6 is 0 Å². The van der Waals surface area contributed by atoms with Crippen molar-refractivity contribution in [2.75, 3.05) is 13.1 Å². The molecule has 0 aliphatic heterocycles.